The van der Waals surface area contributed by atoms with Gasteiger partial charge in [0.05, 0.1) is 43.9 Å². The number of nitrogens with one attached hydrogen (secondary N) is 4. The summed E-state index contributed by atoms with van der Waals surface area (Å²) in [6.45, 7) is 5.25. The number of benzene rings is 5. The van der Waals surface area contributed by atoms with E-state index in [1.165, 1.54) is 36.4 Å². The summed E-state index contributed by atoms with van der Waals surface area (Å²) < 4.78 is 79.5. The highest BCUT2D eigenvalue weighted by Gasteiger charge is 2.33. The number of hydrogen-bond donors (Lipinski definition) is 4. The smallest absolute Gasteiger partial charge is 0.324 e. The summed E-state index contributed by atoms with van der Waals surface area (Å²) in [6.07, 6.45) is -9.43. The van der Waals surface area contributed by atoms with Crippen molar-refractivity contribution in [3.63, 3.8) is 0 Å². The number of ketones is 2. The Bertz CT molecular complexity index is 2740. The molecule has 5 aromatic rings. The fraction of sp³-hybridized carbons (Fsp3) is 0.182. The molecule has 0 aliphatic heterocycles. The molecule has 0 aliphatic carbocycles. The largest absolute Gasteiger partial charge is 0.416 e. The van der Waals surface area contributed by atoms with E-state index in [4.69, 9.17) is 46.4 Å². The maximum atomic E-state index is 13.4. The SMILES string of the molecule is CC(=O)C(N=Nc1cc(Cl)cc(C(=O)Nc2cc(C(F)(F)F)ccc2Cl)c1)C(=O)Nc1cc(C)c(NC(=O)C(N=Nc2cc(Cl)cc(C(=O)Nc3cc(C(F)(F)F)ccc3Cl)c2)C(C)=O)cc1C. The average molecular weight is 1020 g/mol. The lowest BCUT2D eigenvalue weighted by molar-refractivity contribution is -0.138. The van der Waals surface area contributed by atoms with Gasteiger partial charge in [0, 0.05) is 32.5 Å². The Morgan fingerprint density at radius 1 is 0.485 bits per heavy atom. The number of anilines is 4. The van der Waals surface area contributed by atoms with Crippen LogP contribution in [0.5, 0.6) is 0 Å². The number of carbonyl (C=O) groups is 6. The van der Waals surface area contributed by atoms with Gasteiger partial charge in [0.2, 0.25) is 12.1 Å². The number of nitrogens with zero attached hydrogens (tertiary/aromatic N) is 4. The van der Waals surface area contributed by atoms with Gasteiger partial charge in [-0.1, -0.05) is 46.4 Å². The van der Waals surface area contributed by atoms with E-state index in [1.807, 2.05) is 0 Å². The summed E-state index contributed by atoms with van der Waals surface area (Å²) in [5, 5.41) is 24.8. The standard InChI is InChI=1S/C44H32Cl4F6N8O6/c1-19-9-34(56-42(68)38(22(4)64)62-60-30-14-24(12-28(46)18-30)40(66)58-36-16-26(44(52,53)54)6-8-32(36)48)20(2)10-33(19)55-41(67)37(21(3)63)61-59-29-13-23(11-27(45)17-29)39(65)57-35-15-25(43(49,50)51)5-7-31(35)47/h5-18,37-38H,1-4H3,(H,55,67)(H,56,68)(H,57,65)(H,58,66). The van der Waals surface area contributed by atoms with Crippen LogP contribution in [0.25, 0.3) is 0 Å². The number of Topliss-reactive ketones (excluding diaryl/α,β-unsaturated/α-hetero) is 2. The zero-order valence-corrected chi connectivity index (χ0v) is 38.3. The van der Waals surface area contributed by atoms with Crippen LogP contribution in [0, 0.1) is 13.8 Å². The van der Waals surface area contributed by atoms with Gasteiger partial charge in [0.1, 0.15) is 0 Å². The fourth-order valence-electron chi connectivity index (χ4n) is 5.88. The van der Waals surface area contributed by atoms with Gasteiger partial charge in [0.25, 0.3) is 23.6 Å². The van der Waals surface area contributed by atoms with E-state index in [0.29, 0.717) is 23.3 Å². The predicted molar refractivity (Wildman–Crippen MR) is 243 cm³/mol. The van der Waals surface area contributed by atoms with Crippen molar-refractivity contribution in [3.8, 4) is 0 Å². The van der Waals surface area contributed by atoms with Crippen LogP contribution in [0.15, 0.2) is 105 Å². The molecular weight excluding hydrogens is 992 g/mol. The Labute approximate surface area is 401 Å². The van der Waals surface area contributed by atoms with Crippen molar-refractivity contribution in [1.29, 1.82) is 0 Å². The number of carbonyl (C=O) groups excluding carboxylic acids is 6. The van der Waals surface area contributed by atoms with Gasteiger partial charge in [-0.2, -0.15) is 46.8 Å². The summed E-state index contributed by atoms with van der Waals surface area (Å²) in [6, 6.07) is 11.3. The number of hydrogen-bond acceptors (Lipinski definition) is 10. The van der Waals surface area contributed by atoms with Crippen LogP contribution in [-0.4, -0.2) is 47.3 Å². The van der Waals surface area contributed by atoms with E-state index in [-0.39, 0.29) is 65.3 Å². The highest BCUT2D eigenvalue weighted by atomic mass is 35.5. The number of rotatable bonds is 14. The number of azo groups is 2. The van der Waals surface area contributed by atoms with Crippen molar-refractivity contribution in [2.75, 3.05) is 21.3 Å². The molecule has 24 heteroatoms. The summed E-state index contributed by atoms with van der Waals surface area (Å²) in [5.41, 5.74) is -2.26. The topological polar surface area (TPSA) is 200 Å². The Hall–Kier alpha value is -6.74. The van der Waals surface area contributed by atoms with Crippen LogP contribution in [0.2, 0.25) is 20.1 Å². The molecule has 0 aliphatic rings. The van der Waals surface area contributed by atoms with Crippen molar-refractivity contribution in [1.82, 2.24) is 0 Å². The molecule has 0 saturated heterocycles. The Morgan fingerprint density at radius 3 is 1.16 bits per heavy atom. The molecule has 0 saturated carbocycles. The maximum Gasteiger partial charge on any atom is 0.416 e. The molecule has 0 heterocycles. The molecule has 0 bridgehead atoms. The molecular formula is C44H32Cl4F6N8O6. The van der Waals surface area contributed by atoms with Crippen LogP contribution in [0.3, 0.4) is 0 Å². The lowest BCUT2D eigenvalue weighted by atomic mass is 10.1. The molecule has 5 rings (SSSR count). The van der Waals surface area contributed by atoms with Crippen LogP contribution in [0.1, 0.15) is 56.8 Å². The monoisotopic (exact) mass is 1020 g/mol. The van der Waals surface area contributed by atoms with Gasteiger partial charge in [-0.3, -0.25) is 28.8 Å². The zero-order valence-electron chi connectivity index (χ0n) is 35.3. The average Bonchev–Trinajstić information content (AvgIpc) is 3.22. The molecule has 14 nitrogen and oxygen atoms in total. The minimum atomic E-state index is -4.71. The number of alkyl halides is 6. The van der Waals surface area contributed by atoms with Gasteiger partial charge < -0.3 is 21.3 Å². The van der Waals surface area contributed by atoms with E-state index >= 15 is 0 Å². The third-order valence-corrected chi connectivity index (χ3v) is 10.4. The van der Waals surface area contributed by atoms with Gasteiger partial charge in [-0.25, -0.2) is 0 Å². The number of halogens is 10. The van der Waals surface area contributed by atoms with Crippen LogP contribution in [0.4, 0.5) is 60.5 Å². The number of aryl methyl sites for hydroxylation is 2. The van der Waals surface area contributed by atoms with Gasteiger partial charge >= 0.3 is 12.4 Å². The fourth-order valence-corrected chi connectivity index (χ4v) is 6.67. The second kappa shape index (κ2) is 21.5. The van der Waals surface area contributed by atoms with E-state index < -0.39 is 70.8 Å². The minimum absolute atomic E-state index is 0.0497. The summed E-state index contributed by atoms with van der Waals surface area (Å²) in [5.74, 6) is -5.18. The Balaban J connectivity index is 1.27. The van der Waals surface area contributed by atoms with Crippen molar-refractivity contribution in [2.45, 2.75) is 52.1 Å². The third-order valence-electron chi connectivity index (χ3n) is 9.30. The second-order valence-corrected chi connectivity index (χ2v) is 16.3. The third kappa shape index (κ3) is 13.7. The number of amides is 4. The predicted octanol–water partition coefficient (Wildman–Crippen LogP) is 12.8. The van der Waals surface area contributed by atoms with E-state index in [0.717, 1.165) is 50.2 Å². The first-order chi connectivity index (χ1) is 31.7. The van der Waals surface area contributed by atoms with Crippen molar-refractivity contribution in [3.05, 3.63) is 138 Å². The first-order valence-electron chi connectivity index (χ1n) is 19.2. The highest BCUT2D eigenvalue weighted by molar-refractivity contribution is 6.35. The molecule has 354 valence electrons. The van der Waals surface area contributed by atoms with Gasteiger partial charge in [-0.05, 0) is 124 Å². The maximum absolute atomic E-state index is 13.4. The van der Waals surface area contributed by atoms with E-state index in [9.17, 15) is 55.1 Å². The minimum Gasteiger partial charge on any atom is -0.324 e. The Morgan fingerprint density at radius 2 is 0.838 bits per heavy atom. The van der Waals surface area contributed by atoms with Crippen molar-refractivity contribution >= 4 is 116 Å². The van der Waals surface area contributed by atoms with Gasteiger partial charge in [0.15, 0.2) is 11.6 Å². The van der Waals surface area contributed by atoms with E-state index in [2.05, 4.69) is 41.7 Å². The molecule has 0 spiro atoms. The van der Waals surface area contributed by atoms with Gasteiger partial charge in [-0.15, -0.1) is 0 Å². The summed E-state index contributed by atoms with van der Waals surface area (Å²) in [7, 11) is 0. The molecule has 0 aromatic heterocycles. The Kier molecular flexibility index (Phi) is 16.5. The molecule has 5 aromatic carbocycles. The quantitative estimate of drug-likeness (QED) is 0.0484. The second-order valence-electron chi connectivity index (χ2n) is 14.6. The lowest BCUT2D eigenvalue weighted by Gasteiger charge is -2.16. The highest BCUT2D eigenvalue weighted by Crippen LogP contribution is 2.36. The first-order valence-corrected chi connectivity index (χ1v) is 20.7. The van der Waals surface area contributed by atoms with Crippen LogP contribution >= 0.6 is 46.4 Å². The lowest BCUT2D eigenvalue weighted by Crippen LogP contribution is -2.32. The summed E-state index contributed by atoms with van der Waals surface area (Å²) >= 11 is 24.3. The molecule has 0 fully saturated rings. The molecule has 68 heavy (non-hydrogen) atoms. The van der Waals surface area contributed by atoms with Crippen molar-refractivity contribution in [2.24, 2.45) is 20.5 Å². The molecule has 2 atom stereocenters. The zero-order chi connectivity index (χ0) is 50.4. The van der Waals surface area contributed by atoms with Crippen LogP contribution < -0.4 is 21.3 Å². The molecule has 0 radical (unpaired) electrons. The van der Waals surface area contributed by atoms with Crippen LogP contribution in [-0.2, 0) is 31.5 Å². The normalized spacial score (nSPS) is 12.7. The summed E-state index contributed by atoms with van der Waals surface area (Å²) in [4.78, 5) is 78.0. The van der Waals surface area contributed by atoms with E-state index in [1.54, 1.807) is 13.8 Å². The first kappa shape index (κ1) is 52.2. The molecule has 4 N–H and O–H groups in total. The molecule has 4 amide bonds. The molecule has 2 unspecified atom stereocenters. The van der Waals surface area contributed by atoms with Crippen molar-refractivity contribution < 1.29 is 55.1 Å².